The molecule has 2 saturated heterocycles. The third-order valence-electron chi connectivity index (χ3n) is 5.17. The highest BCUT2D eigenvalue weighted by molar-refractivity contribution is 7.91. The lowest BCUT2D eigenvalue weighted by atomic mass is 9.87. The molecule has 0 radical (unpaired) electrons. The monoisotopic (exact) mass is 288 g/mol. The molecule has 0 bridgehead atoms. The van der Waals surface area contributed by atoms with Gasteiger partial charge in [-0.05, 0) is 32.6 Å². The van der Waals surface area contributed by atoms with Crippen LogP contribution in [-0.2, 0) is 9.84 Å². The summed E-state index contributed by atoms with van der Waals surface area (Å²) >= 11 is 0. The average Bonchev–Trinajstić information content (AvgIpc) is 2.40. The van der Waals surface area contributed by atoms with Gasteiger partial charge in [-0.3, -0.25) is 4.90 Å². The van der Waals surface area contributed by atoms with Crippen LogP contribution >= 0.6 is 0 Å². The molecule has 0 aromatic carbocycles. The Hall–Kier alpha value is -0.130. The highest BCUT2D eigenvalue weighted by Crippen LogP contribution is 2.28. The largest absolute Gasteiger partial charge is 0.308 e. The standard InChI is InChI=1S/C14H28N2O2S/c1-4-14(5-2)11-16(12(3)10-15-14)13-6-8-19(17,18)9-7-13/h12-13,15H,4-11H2,1-3H3. The number of hydrogen-bond acceptors (Lipinski definition) is 4. The molecule has 1 atom stereocenters. The molecule has 0 aliphatic carbocycles. The molecule has 0 saturated carbocycles. The SMILES string of the molecule is CCC1(CC)CN(C2CCS(=O)(=O)CC2)C(C)CN1. The first kappa shape index (κ1) is 15.3. The maximum atomic E-state index is 11.6. The second-order valence-corrected chi connectivity index (χ2v) is 8.58. The van der Waals surface area contributed by atoms with Crippen LogP contribution in [-0.4, -0.2) is 55.5 Å². The second-order valence-electron chi connectivity index (χ2n) is 6.27. The summed E-state index contributed by atoms with van der Waals surface area (Å²) in [6.45, 7) is 8.83. The number of nitrogens with zero attached hydrogens (tertiary/aromatic N) is 1. The topological polar surface area (TPSA) is 49.4 Å². The molecule has 0 aromatic rings. The van der Waals surface area contributed by atoms with Gasteiger partial charge in [0.25, 0.3) is 0 Å². The van der Waals surface area contributed by atoms with E-state index >= 15 is 0 Å². The predicted molar refractivity (Wildman–Crippen MR) is 79.2 cm³/mol. The van der Waals surface area contributed by atoms with Gasteiger partial charge in [0.2, 0.25) is 0 Å². The molecule has 1 unspecified atom stereocenters. The van der Waals surface area contributed by atoms with Crippen molar-refractivity contribution in [1.29, 1.82) is 0 Å². The lowest BCUT2D eigenvalue weighted by molar-refractivity contribution is 0.0403. The maximum absolute atomic E-state index is 11.6. The molecule has 2 fully saturated rings. The van der Waals surface area contributed by atoms with Crippen molar-refractivity contribution in [2.24, 2.45) is 0 Å². The summed E-state index contributed by atoms with van der Waals surface area (Å²) in [5, 5.41) is 3.71. The van der Waals surface area contributed by atoms with Crippen molar-refractivity contribution in [3.8, 4) is 0 Å². The van der Waals surface area contributed by atoms with Gasteiger partial charge >= 0.3 is 0 Å². The minimum Gasteiger partial charge on any atom is -0.308 e. The van der Waals surface area contributed by atoms with Crippen LogP contribution in [0.5, 0.6) is 0 Å². The minimum atomic E-state index is -2.75. The third-order valence-corrected chi connectivity index (χ3v) is 6.89. The molecule has 2 aliphatic rings. The van der Waals surface area contributed by atoms with Gasteiger partial charge in [-0.2, -0.15) is 0 Å². The third kappa shape index (κ3) is 3.31. The van der Waals surface area contributed by atoms with Crippen LogP contribution in [0.1, 0.15) is 46.5 Å². The average molecular weight is 288 g/mol. The van der Waals surface area contributed by atoms with Gasteiger partial charge < -0.3 is 5.32 Å². The van der Waals surface area contributed by atoms with E-state index in [-0.39, 0.29) is 5.54 Å². The lowest BCUT2D eigenvalue weighted by Gasteiger charge is -2.50. The zero-order chi connectivity index (χ0) is 14.1. The van der Waals surface area contributed by atoms with Gasteiger partial charge in [-0.25, -0.2) is 8.42 Å². The fourth-order valence-corrected chi connectivity index (χ4v) is 4.93. The first-order chi connectivity index (χ1) is 8.91. The van der Waals surface area contributed by atoms with Crippen LogP contribution in [0.4, 0.5) is 0 Å². The fourth-order valence-electron chi connectivity index (χ4n) is 3.46. The Bertz CT molecular complexity index is 390. The number of piperazine rings is 1. The van der Waals surface area contributed by atoms with Crippen LogP contribution < -0.4 is 5.32 Å². The minimum absolute atomic E-state index is 0.225. The molecule has 4 nitrogen and oxygen atoms in total. The summed E-state index contributed by atoms with van der Waals surface area (Å²) in [7, 11) is -2.75. The Morgan fingerprint density at radius 2 is 1.79 bits per heavy atom. The molecule has 0 spiro atoms. The highest BCUT2D eigenvalue weighted by Gasteiger charge is 2.39. The van der Waals surface area contributed by atoms with Crippen molar-refractivity contribution in [1.82, 2.24) is 10.2 Å². The molecule has 112 valence electrons. The summed E-state index contributed by atoms with van der Waals surface area (Å²) < 4.78 is 23.1. The molecular formula is C14H28N2O2S. The van der Waals surface area contributed by atoms with Crippen LogP contribution in [0.15, 0.2) is 0 Å². The molecule has 2 heterocycles. The van der Waals surface area contributed by atoms with E-state index in [0.29, 0.717) is 23.6 Å². The Morgan fingerprint density at radius 3 is 2.32 bits per heavy atom. The summed E-state index contributed by atoms with van der Waals surface area (Å²) in [6.07, 6.45) is 3.90. The molecule has 0 aromatic heterocycles. The molecule has 1 N–H and O–H groups in total. The van der Waals surface area contributed by atoms with E-state index in [1.807, 2.05) is 0 Å². The molecule has 2 rings (SSSR count). The van der Waals surface area contributed by atoms with Crippen molar-refractivity contribution < 1.29 is 8.42 Å². The van der Waals surface area contributed by atoms with Crippen molar-refractivity contribution in [2.75, 3.05) is 24.6 Å². The van der Waals surface area contributed by atoms with Gasteiger partial charge in [0.15, 0.2) is 0 Å². The van der Waals surface area contributed by atoms with Crippen molar-refractivity contribution in [2.45, 2.75) is 64.1 Å². The Labute approximate surface area is 117 Å². The fraction of sp³-hybridized carbons (Fsp3) is 1.00. The van der Waals surface area contributed by atoms with E-state index in [2.05, 4.69) is 31.0 Å². The van der Waals surface area contributed by atoms with E-state index in [9.17, 15) is 8.42 Å². The van der Waals surface area contributed by atoms with E-state index < -0.39 is 9.84 Å². The molecule has 2 aliphatic heterocycles. The zero-order valence-corrected chi connectivity index (χ0v) is 13.3. The van der Waals surface area contributed by atoms with Gasteiger partial charge in [-0.1, -0.05) is 13.8 Å². The summed E-state index contributed by atoms with van der Waals surface area (Å²) in [5.41, 5.74) is 0.225. The van der Waals surface area contributed by atoms with Crippen molar-refractivity contribution >= 4 is 9.84 Å². The first-order valence-electron chi connectivity index (χ1n) is 7.62. The van der Waals surface area contributed by atoms with Crippen molar-refractivity contribution in [3.05, 3.63) is 0 Å². The number of sulfone groups is 1. The number of hydrogen-bond donors (Lipinski definition) is 1. The first-order valence-corrected chi connectivity index (χ1v) is 9.45. The van der Waals surface area contributed by atoms with Gasteiger partial charge in [-0.15, -0.1) is 0 Å². The molecule has 0 amide bonds. The van der Waals surface area contributed by atoms with E-state index in [1.165, 1.54) is 0 Å². The van der Waals surface area contributed by atoms with Gasteiger partial charge in [0, 0.05) is 30.7 Å². The smallest absolute Gasteiger partial charge is 0.150 e. The number of nitrogens with one attached hydrogen (secondary N) is 1. The Balaban J connectivity index is 2.05. The molecule has 5 heteroatoms. The normalized spacial score (nSPS) is 32.3. The molecule has 19 heavy (non-hydrogen) atoms. The van der Waals surface area contributed by atoms with Crippen LogP contribution in [0, 0.1) is 0 Å². The van der Waals surface area contributed by atoms with Gasteiger partial charge in [0.05, 0.1) is 11.5 Å². The summed E-state index contributed by atoms with van der Waals surface area (Å²) in [6, 6.07) is 0.968. The van der Waals surface area contributed by atoms with E-state index in [0.717, 1.165) is 38.8 Å². The second kappa shape index (κ2) is 5.70. The maximum Gasteiger partial charge on any atom is 0.150 e. The van der Waals surface area contributed by atoms with Gasteiger partial charge in [0.1, 0.15) is 9.84 Å². The van der Waals surface area contributed by atoms with Crippen LogP contribution in [0.25, 0.3) is 0 Å². The highest BCUT2D eigenvalue weighted by atomic mass is 32.2. The quantitative estimate of drug-likeness (QED) is 0.853. The summed E-state index contributed by atoms with van der Waals surface area (Å²) in [5.74, 6) is 0.749. The lowest BCUT2D eigenvalue weighted by Crippen LogP contribution is -2.65. The Kier molecular flexibility index (Phi) is 4.58. The van der Waals surface area contributed by atoms with E-state index in [4.69, 9.17) is 0 Å². The Morgan fingerprint density at radius 1 is 1.21 bits per heavy atom. The van der Waals surface area contributed by atoms with Crippen molar-refractivity contribution in [3.63, 3.8) is 0 Å². The zero-order valence-electron chi connectivity index (χ0n) is 12.5. The number of rotatable bonds is 3. The van der Waals surface area contributed by atoms with E-state index in [1.54, 1.807) is 0 Å². The van der Waals surface area contributed by atoms with Crippen LogP contribution in [0.3, 0.4) is 0 Å². The van der Waals surface area contributed by atoms with Crippen LogP contribution in [0.2, 0.25) is 0 Å². The molecular weight excluding hydrogens is 260 g/mol. The predicted octanol–water partition coefficient (Wildman–Crippen LogP) is 1.42. The summed E-state index contributed by atoms with van der Waals surface area (Å²) in [4.78, 5) is 2.57.